The van der Waals surface area contributed by atoms with Crippen LogP contribution >= 0.6 is 0 Å². The summed E-state index contributed by atoms with van der Waals surface area (Å²) in [6.45, 7) is 0.0864. The molecule has 0 radical (unpaired) electrons. The Morgan fingerprint density at radius 2 is 2.36 bits per heavy atom. The largest absolute Gasteiger partial charge is 0.396 e. The Balaban J connectivity index is 2.33. The molecule has 5 heteroatoms. The fraction of sp³-hybridized carbons (Fsp3) is 0.333. The molecule has 1 atom stereocenters. The van der Waals surface area contributed by atoms with Gasteiger partial charge in [-0.05, 0) is 6.42 Å². The SMILES string of the molecule is NC(CCO)c1cnc2nccn2c1. The van der Waals surface area contributed by atoms with Crippen LogP contribution in [-0.4, -0.2) is 26.1 Å². The van der Waals surface area contributed by atoms with E-state index in [9.17, 15) is 0 Å². The van der Waals surface area contributed by atoms with E-state index in [0.717, 1.165) is 5.56 Å². The Morgan fingerprint density at radius 1 is 1.50 bits per heavy atom. The second kappa shape index (κ2) is 3.73. The second-order valence-electron chi connectivity index (χ2n) is 3.14. The van der Waals surface area contributed by atoms with Crippen molar-refractivity contribution in [2.45, 2.75) is 12.5 Å². The Morgan fingerprint density at radius 3 is 3.14 bits per heavy atom. The van der Waals surface area contributed by atoms with Gasteiger partial charge < -0.3 is 10.8 Å². The van der Waals surface area contributed by atoms with Crippen molar-refractivity contribution in [1.82, 2.24) is 14.4 Å². The van der Waals surface area contributed by atoms with E-state index in [4.69, 9.17) is 10.8 Å². The first kappa shape index (κ1) is 9.11. The van der Waals surface area contributed by atoms with Gasteiger partial charge in [0, 0.05) is 43.0 Å². The lowest BCUT2D eigenvalue weighted by molar-refractivity contribution is 0.276. The maximum Gasteiger partial charge on any atom is 0.233 e. The monoisotopic (exact) mass is 192 g/mol. The summed E-state index contributed by atoms with van der Waals surface area (Å²) in [6, 6.07) is -0.167. The Bertz CT molecular complexity index is 425. The lowest BCUT2D eigenvalue weighted by atomic mass is 10.1. The van der Waals surface area contributed by atoms with Gasteiger partial charge in [-0.15, -0.1) is 0 Å². The van der Waals surface area contributed by atoms with Crippen molar-refractivity contribution in [3.05, 3.63) is 30.4 Å². The van der Waals surface area contributed by atoms with Gasteiger partial charge in [0.1, 0.15) is 0 Å². The van der Waals surface area contributed by atoms with Gasteiger partial charge in [-0.2, -0.15) is 0 Å². The summed E-state index contributed by atoms with van der Waals surface area (Å²) in [5.74, 6) is 0.657. The number of imidazole rings is 1. The van der Waals surface area contributed by atoms with E-state index in [0.29, 0.717) is 12.2 Å². The molecule has 5 nitrogen and oxygen atoms in total. The summed E-state index contributed by atoms with van der Waals surface area (Å²) in [7, 11) is 0. The van der Waals surface area contributed by atoms with Gasteiger partial charge in [0.05, 0.1) is 0 Å². The van der Waals surface area contributed by atoms with Crippen molar-refractivity contribution < 1.29 is 5.11 Å². The van der Waals surface area contributed by atoms with Crippen LogP contribution in [0.15, 0.2) is 24.8 Å². The molecule has 0 aliphatic carbocycles. The highest BCUT2D eigenvalue weighted by atomic mass is 16.3. The number of nitrogens with two attached hydrogens (primary N) is 1. The molecule has 14 heavy (non-hydrogen) atoms. The third kappa shape index (κ3) is 1.59. The molecular weight excluding hydrogens is 180 g/mol. The zero-order valence-corrected chi connectivity index (χ0v) is 7.67. The second-order valence-corrected chi connectivity index (χ2v) is 3.14. The highest BCUT2D eigenvalue weighted by molar-refractivity contribution is 5.29. The maximum absolute atomic E-state index is 8.75. The molecule has 0 spiro atoms. The Kier molecular flexibility index (Phi) is 2.43. The number of rotatable bonds is 3. The topological polar surface area (TPSA) is 76.4 Å². The van der Waals surface area contributed by atoms with Crippen LogP contribution in [0.25, 0.3) is 5.78 Å². The lowest BCUT2D eigenvalue weighted by Crippen LogP contribution is -2.13. The predicted molar refractivity (Wildman–Crippen MR) is 51.6 cm³/mol. The maximum atomic E-state index is 8.75. The predicted octanol–water partition coefficient (Wildman–Crippen LogP) is 0.111. The third-order valence-corrected chi connectivity index (χ3v) is 2.13. The first-order valence-corrected chi connectivity index (χ1v) is 4.46. The van der Waals surface area contributed by atoms with Gasteiger partial charge in [0.15, 0.2) is 0 Å². The van der Waals surface area contributed by atoms with Crippen molar-refractivity contribution in [3.63, 3.8) is 0 Å². The average Bonchev–Trinajstić information content (AvgIpc) is 2.64. The van der Waals surface area contributed by atoms with Crippen LogP contribution in [0.4, 0.5) is 0 Å². The quantitative estimate of drug-likeness (QED) is 0.723. The normalized spacial score (nSPS) is 13.3. The van der Waals surface area contributed by atoms with Crippen molar-refractivity contribution in [2.75, 3.05) is 6.61 Å². The number of aliphatic hydroxyl groups is 1. The van der Waals surface area contributed by atoms with Gasteiger partial charge in [-0.3, -0.25) is 4.40 Å². The van der Waals surface area contributed by atoms with Crippen LogP contribution in [0, 0.1) is 0 Å². The highest BCUT2D eigenvalue weighted by Crippen LogP contribution is 2.12. The van der Waals surface area contributed by atoms with Crippen molar-refractivity contribution in [2.24, 2.45) is 5.73 Å². The van der Waals surface area contributed by atoms with Crippen molar-refractivity contribution >= 4 is 5.78 Å². The molecule has 2 rings (SSSR count). The molecular formula is C9H12N4O. The standard InChI is InChI=1S/C9H12N4O/c10-8(1-4-14)7-5-12-9-11-2-3-13(9)6-7/h2-3,5-6,8,14H,1,4,10H2. The zero-order valence-electron chi connectivity index (χ0n) is 7.67. The minimum absolute atomic E-state index is 0.0864. The van der Waals surface area contributed by atoms with Crippen LogP contribution in [0.5, 0.6) is 0 Å². The Labute approximate surface area is 81.2 Å². The fourth-order valence-corrected chi connectivity index (χ4v) is 1.33. The number of hydrogen-bond acceptors (Lipinski definition) is 4. The summed E-state index contributed by atoms with van der Waals surface area (Å²) >= 11 is 0. The van der Waals surface area contributed by atoms with Gasteiger partial charge >= 0.3 is 0 Å². The molecule has 0 saturated carbocycles. The van der Waals surface area contributed by atoms with E-state index < -0.39 is 0 Å². The van der Waals surface area contributed by atoms with Gasteiger partial charge in [0.25, 0.3) is 0 Å². The molecule has 3 N–H and O–H groups in total. The summed E-state index contributed by atoms with van der Waals surface area (Å²) in [5.41, 5.74) is 6.74. The molecule has 0 aliphatic rings. The van der Waals surface area contributed by atoms with E-state index in [1.54, 1.807) is 12.4 Å². The summed E-state index contributed by atoms with van der Waals surface area (Å²) in [6.07, 6.45) is 7.63. The molecule has 0 bridgehead atoms. The van der Waals surface area contributed by atoms with E-state index in [1.165, 1.54) is 0 Å². The number of aromatic nitrogens is 3. The molecule has 0 saturated heterocycles. The van der Waals surface area contributed by atoms with Crippen LogP contribution in [-0.2, 0) is 0 Å². The van der Waals surface area contributed by atoms with Gasteiger partial charge in [0.2, 0.25) is 5.78 Å². The minimum atomic E-state index is -0.167. The van der Waals surface area contributed by atoms with E-state index in [1.807, 2.05) is 16.8 Å². The molecule has 2 heterocycles. The molecule has 0 amide bonds. The molecule has 0 fully saturated rings. The van der Waals surface area contributed by atoms with Crippen LogP contribution in [0.2, 0.25) is 0 Å². The first-order chi connectivity index (χ1) is 6.81. The fourth-order valence-electron chi connectivity index (χ4n) is 1.33. The zero-order chi connectivity index (χ0) is 9.97. The van der Waals surface area contributed by atoms with E-state index in [-0.39, 0.29) is 12.6 Å². The average molecular weight is 192 g/mol. The van der Waals surface area contributed by atoms with E-state index in [2.05, 4.69) is 9.97 Å². The molecule has 2 aromatic rings. The van der Waals surface area contributed by atoms with Crippen molar-refractivity contribution in [1.29, 1.82) is 0 Å². The van der Waals surface area contributed by atoms with Crippen LogP contribution in [0.1, 0.15) is 18.0 Å². The summed E-state index contributed by atoms with van der Waals surface area (Å²) in [5, 5.41) is 8.75. The minimum Gasteiger partial charge on any atom is -0.396 e. The van der Waals surface area contributed by atoms with Crippen LogP contribution < -0.4 is 5.73 Å². The van der Waals surface area contributed by atoms with E-state index >= 15 is 0 Å². The van der Waals surface area contributed by atoms with Gasteiger partial charge in [-0.1, -0.05) is 0 Å². The molecule has 1 unspecified atom stereocenters. The van der Waals surface area contributed by atoms with Gasteiger partial charge in [-0.25, -0.2) is 9.97 Å². The number of nitrogens with zero attached hydrogens (tertiary/aromatic N) is 3. The summed E-state index contributed by atoms with van der Waals surface area (Å²) < 4.78 is 1.81. The smallest absolute Gasteiger partial charge is 0.233 e. The molecule has 0 aromatic carbocycles. The first-order valence-electron chi connectivity index (χ1n) is 4.46. The highest BCUT2D eigenvalue weighted by Gasteiger charge is 2.06. The number of hydrogen-bond donors (Lipinski definition) is 2. The number of fused-ring (bicyclic) bond motifs is 1. The third-order valence-electron chi connectivity index (χ3n) is 2.13. The molecule has 0 aliphatic heterocycles. The number of aliphatic hydroxyl groups excluding tert-OH is 1. The lowest BCUT2D eigenvalue weighted by Gasteiger charge is -2.09. The molecule has 74 valence electrons. The molecule has 2 aromatic heterocycles. The Hall–Kier alpha value is -1.46. The van der Waals surface area contributed by atoms with Crippen molar-refractivity contribution in [3.8, 4) is 0 Å². The van der Waals surface area contributed by atoms with Crippen LogP contribution in [0.3, 0.4) is 0 Å². The summed E-state index contributed by atoms with van der Waals surface area (Å²) in [4.78, 5) is 8.16.